The van der Waals surface area contributed by atoms with Gasteiger partial charge in [0.15, 0.2) is 0 Å². The maximum atomic E-state index is 11.6. The lowest BCUT2D eigenvalue weighted by Crippen LogP contribution is -2.75. The number of aliphatic hydroxyl groups excluding tert-OH is 1. The number of aliphatic hydroxyl groups is 1. The van der Waals surface area contributed by atoms with E-state index in [1.807, 2.05) is 0 Å². The number of ether oxygens (including phenoxy) is 1. The number of carbonyl (C=O) groups excluding carboxylic acids is 1. The van der Waals surface area contributed by atoms with E-state index >= 15 is 0 Å². The fourth-order valence-corrected chi connectivity index (χ4v) is 6.71. The molecule has 7 atom stereocenters. The Bertz CT molecular complexity index is 465. The van der Waals surface area contributed by atoms with Crippen LogP contribution in [0.1, 0.15) is 52.4 Å². The van der Waals surface area contributed by atoms with Crippen LogP contribution in [0.25, 0.3) is 0 Å². The molecule has 2 bridgehead atoms. The van der Waals surface area contributed by atoms with Gasteiger partial charge in [-0.25, -0.2) is 0 Å². The lowest BCUT2D eigenvalue weighted by atomic mass is 9.47. The van der Waals surface area contributed by atoms with E-state index in [2.05, 4.69) is 11.8 Å². The maximum Gasteiger partial charge on any atom is 0.303 e. The molecule has 0 aromatic rings. The third kappa shape index (κ3) is 1.92. The van der Waals surface area contributed by atoms with E-state index in [1.54, 1.807) is 0 Å². The molecule has 4 fully saturated rings. The van der Waals surface area contributed by atoms with Crippen LogP contribution in [0.15, 0.2) is 0 Å². The smallest absolute Gasteiger partial charge is 0.303 e. The van der Waals surface area contributed by atoms with Gasteiger partial charge in [0.25, 0.3) is 0 Å². The molecule has 2 aliphatic carbocycles. The van der Waals surface area contributed by atoms with Crippen LogP contribution in [0.2, 0.25) is 0 Å². The normalized spacial score (nSPS) is 51.0. The van der Waals surface area contributed by atoms with Crippen molar-refractivity contribution in [3.63, 3.8) is 0 Å². The van der Waals surface area contributed by atoms with Gasteiger partial charge in [0.2, 0.25) is 0 Å². The van der Waals surface area contributed by atoms with E-state index in [0.29, 0.717) is 23.7 Å². The monoisotopic (exact) mass is 307 g/mol. The number of esters is 1. The summed E-state index contributed by atoms with van der Waals surface area (Å²) in [5, 5.41) is 11.0. The van der Waals surface area contributed by atoms with Crippen molar-refractivity contribution in [1.82, 2.24) is 4.90 Å². The Hall–Kier alpha value is -0.610. The zero-order valence-corrected chi connectivity index (χ0v) is 13.8. The van der Waals surface area contributed by atoms with Gasteiger partial charge in [-0.3, -0.25) is 9.69 Å². The second-order valence-electron chi connectivity index (χ2n) is 8.25. The fraction of sp³-hybridized carbons (Fsp3) is 0.944. The van der Waals surface area contributed by atoms with Crippen LogP contribution in [-0.4, -0.2) is 46.8 Å². The molecule has 0 radical (unpaired) electrons. The van der Waals surface area contributed by atoms with Crippen molar-refractivity contribution in [1.29, 1.82) is 0 Å². The molecular formula is C18H29NO3. The highest BCUT2D eigenvalue weighted by Crippen LogP contribution is 2.60. The Morgan fingerprint density at radius 1 is 1.23 bits per heavy atom. The van der Waals surface area contributed by atoms with Crippen molar-refractivity contribution in [2.45, 2.75) is 70.1 Å². The average Bonchev–Trinajstić information content (AvgIpc) is 2.47. The summed E-state index contributed by atoms with van der Waals surface area (Å²) >= 11 is 0. The van der Waals surface area contributed by atoms with Crippen molar-refractivity contribution in [3.8, 4) is 0 Å². The topological polar surface area (TPSA) is 49.8 Å². The molecule has 0 aromatic carbocycles. The van der Waals surface area contributed by atoms with Gasteiger partial charge >= 0.3 is 5.97 Å². The van der Waals surface area contributed by atoms with Crippen LogP contribution in [0.4, 0.5) is 0 Å². The van der Waals surface area contributed by atoms with Gasteiger partial charge in [-0.15, -0.1) is 0 Å². The number of hydrogen-bond acceptors (Lipinski definition) is 4. The molecule has 2 aliphatic heterocycles. The zero-order chi connectivity index (χ0) is 15.5. The van der Waals surface area contributed by atoms with E-state index in [1.165, 1.54) is 45.7 Å². The highest BCUT2D eigenvalue weighted by Gasteiger charge is 2.65. The summed E-state index contributed by atoms with van der Waals surface area (Å²) in [6.45, 7) is 6.20. The van der Waals surface area contributed by atoms with Gasteiger partial charge in [0.1, 0.15) is 6.10 Å². The summed E-state index contributed by atoms with van der Waals surface area (Å²) in [4.78, 5) is 14.3. The molecule has 4 nitrogen and oxygen atoms in total. The summed E-state index contributed by atoms with van der Waals surface area (Å²) in [5.41, 5.74) is 0.193. The zero-order valence-electron chi connectivity index (χ0n) is 13.8. The first-order valence-corrected chi connectivity index (χ1v) is 9.14. The summed E-state index contributed by atoms with van der Waals surface area (Å²) in [6.07, 6.45) is 6.34. The maximum absolute atomic E-state index is 11.6. The Morgan fingerprint density at radius 3 is 2.59 bits per heavy atom. The Morgan fingerprint density at radius 2 is 1.91 bits per heavy atom. The lowest BCUT2D eigenvalue weighted by Gasteiger charge is -2.68. The van der Waals surface area contributed by atoms with Crippen molar-refractivity contribution in [2.24, 2.45) is 23.7 Å². The van der Waals surface area contributed by atoms with Gasteiger partial charge in [-0.2, -0.15) is 0 Å². The Kier molecular flexibility index (Phi) is 3.53. The molecule has 0 amide bonds. The van der Waals surface area contributed by atoms with Crippen molar-refractivity contribution >= 4 is 5.97 Å². The van der Waals surface area contributed by atoms with Gasteiger partial charge < -0.3 is 9.84 Å². The minimum atomic E-state index is -0.465. The van der Waals surface area contributed by atoms with Crippen LogP contribution < -0.4 is 0 Å². The third-order valence-corrected chi connectivity index (χ3v) is 7.10. The number of nitrogens with zero attached hydrogens (tertiary/aromatic N) is 1. The third-order valence-electron chi connectivity index (χ3n) is 7.10. The van der Waals surface area contributed by atoms with Crippen LogP contribution in [0, 0.1) is 23.7 Å². The lowest BCUT2D eigenvalue weighted by molar-refractivity contribution is -0.242. The summed E-state index contributed by atoms with van der Waals surface area (Å²) in [5.74, 6) is 1.66. The Balaban J connectivity index is 1.78. The average molecular weight is 307 g/mol. The SMILES string of the molecule is CC(=O)O[C@@H]1[C@@H](O)[C@@H]2C[C@@H](C)C[C@]34[C@@H]2CCCN3CCC[C@H]14. The minimum Gasteiger partial charge on any atom is -0.459 e. The first-order chi connectivity index (χ1) is 10.5. The minimum absolute atomic E-state index is 0.193. The summed E-state index contributed by atoms with van der Waals surface area (Å²) < 4.78 is 5.69. The molecule has 1 N–H and O–H groups in total. The van der Waals surface area contributed by atoms with E-state index in [4.69, 9.17) is 4.74 Å². The van der Waals surface area contributed by atoms with E-state index in [9.17, 15) is 9.90 Å². The summed E-state index contributed by atoms with van der Waals surface area (Å²) in [6, 6.07) is 0. The molecule has 4 heteroatoms. The fourth-order valence-electron chi connectivity index (χ4n) is 6.71. The second kappa shape index (κ2) is 5.20. The quantitative estimate of drug-likeness (QED) is 0.755. The number of hydrogen-bond donors (Lipinski definition) is 1. The van der Waals surface area contributed by atoms with E-state index < -0.39 is 6.10 Å². The van der Waals surface area contributed by atoms with Crippen LogP contribution in [0.5, 0.6) is 0 Å². The highest BCUT2D eigenvalue weighted by atomic mass is 16.6. The standard InChI is InChI=1S/C18H29NO3/c1-11-9-13-14-5-3-7-19-8-4-6-15(18(14,19)10-11)17(16(13)21)22-12(2)20/h11,13-17,21H,3-10H2,1-2H3/t11-,13-,14-,15-,16+,17+,18-/m1/s1. The predicted octanol–water partition coefficient (Wildman–Crippen LogP) is 2.20. The highest BCUT2D eigenvalue weighted by molar-refractivity contribution is 5.66. The van der Waals surface area contributed by atoms with E-state index in [-0.39, 0.29) is 17.6 Å². The number of piperidine rings is 2. The molecular weight excluding hydrogens is 278 g/mol. The molecule has 4 aliphatic rings. The van der Waals surface area contributed by atoms with Gasteiger partial charge in [-0.1, -0.05) is 6.92 Å². The number of rotatable bonds is 1. The molecule has 4 rings (SSSR count). The first kappa shape index (κ1) is 14.9. The van der Waals surface area contributed by atoms with Gasteiger partial charge in [0, 0.05) is 18.4 Å². The van der Waals surface area contributed by atoms with Gasteiger partial charge in [0.05, 0.1) is 6.10 Å². The van der Waals surface area contributed by atoms with Gasteiger partial charge in [-0.05, 0) is 69.4 Å². The molecule has 2 heterocycles. The van der Waals surface area contributed by atoms with Crippen molar-refractivity contribution in [3.05, 3.63) is 0 Å². The number of carbonyl (C=O) groups is 1. The Labute approximate surface area is 133 Å². The molecule has 2 saturated carbocycles. The molecule has 0 aromatic heterocycles. The van der Waals surface area contributed by atoms with Crippen LogP contribution in [-0.2, 0) is 9.53 Å². The first-order valence-electron chi connectivity index (χ1n) is 9.14. The molecule has 2 saturated heterocycles. The molecule has 1 spiro atoms. The molecule has 124 valence electrons. The molecule has 0 unspecified atom stereocenters. The van der Waals surface area contributed by atoms with Crippen LogP contribution >= 0.6 is 0 Å². The molecule has 22 heavy (non-hydrogen) atoms. The van der Waals surface area contributed by atoms with Crippen molar-refractivity contribution < 1.29 is 14.6 Å². The van der Waals surface area contributed by atoms with E-state index in [0.717, 1.165) is 12.8 Å². The van der Waals surface area contributed by atoms with Crippen LogP contribution in [0.3, 0.4) is 0 Å². The summed E-state index contributed by atoms with van der Waals surface area (Å²) in [7, 11) is 0. The van der Waals surface area contributed by atoms with Crippen molar-refractivity contribution in [2.75, 3.05) is 13.1 Å². The second-order valence-corrected chi connectivity index (χ2v) is 8.25. The largest absolute Gasteiger partial charge is 0.459 e. The predicted molar refractivity (Wildman–Crippen MR) is 83.2 cm³/mol.